The van der Waals surface area contributed by atoms with Gasteiger partial charge in [-0.3, -0.25) is 4.90 Å². The predicted octanol–water partition coefficient (Wildman–Crippen LogP) is 1.73. The van der Waals surface area contributed by atoms with Crippen LogP contribution in [0, 0.1) is 5.92 Å². The van der Waals surface area contributed by atoms with Gasteiger partial charge in [0.1, 0.15) is 0 Å². The second-order valence-corrected chi connectivity index (χ2v) is 4.94. The quantitative estimate of drug-likeness (QED) is 0.672. The van der Waals surface area contributed by atoms with E-state index in [1.807, 2.05) is 0 Å². The summed E-state index contributed by atoms with van der Waals surface area (Å²) in [7, 11) is 0. The number of hydrogen-bond acceptors (Lipinski definition) is 3. The molecule has 1 fully saturated rings. The van der Waals surface area contributed by atoms with Gasteiger partial charge in [-0.1, -0.05) is 20.8 Å². The van der Waals surface area contributed by atoms with Crippen LogP contribution in [-0.2, 0) is 4.74 Å². The minimum absolute atomic E-state index is 0.641. The van der Waals surface area contributed by atoms with Gasteiger partial charge in [-0.25, -0.2) is 0 Å². The van der Waals surface area contributed by atoms with Crippen molar-refractivity contribution in [3.05, 3.63) is 0 Å². The molecule has 96 valence electrons. The molecular formula is C13H28N2O. The van der Waals surface area contributed by atoms with Crippen LogP contribution in [-0.4, -0.2) is 50.3 Å². The second kappa shape index (κ2) is 8.04. The van der Waals surface area contributed by atoms with Crippen molar-refractivity contribution >= 4 is 0 Å². The summed E-state index contributed by atoms with van der Waals surface area (Å²) in [5.41, 5.74) is 0. The molecule has 3 heteroatoms. The summed E-state index contributed by atoms with van der Waals surface area (Å²) in [5.74, 6) is 0.735. The molecule has 16 heavy (non-hydrogen) atoms. The monoisotopic (exact) mass is 228 g/mol. The molecule has 3 nitrogen and oxygen atoms in total. The van der Waals surface area contributed by atoms with Crippen molar-refractivity contribution in [2.24, 2.45) is 5.92 Å². The Morgan fingerprint density at radius 1 is 1.44 bits per heavy atom. The average Bonchev–Trinajstić information content (AvgIpc) is 2.30. The lowest BCUT2D eigenvalue weighted by molar-refractivity contribution is -0.0143. The van der Waals surface area contributed by atoms with Gasteiger partial charge in [-0.05, 0) is 31.8 Å². The zero-order valence-electron chi connectivity index (χ0n) is 11.2. The Labute approximate surface area is 101 Å². The molecule has 2 atom stereocenters. The highest BCUT2D eigenvalue weighted by Crippen LogP contribution is 2.12. The lowest BCUT2D eigenvalue weighted by Gasteiger charge is -2.36. The Morgan fingerprint density at radius 2 is 2.25 bits per heavy atom. The van der Waals surface area contributed by atoms with E-state index in [0.29, 0.717) is 6.04 Å². The summed E-state index contributed by atoms with van der Waals surface area (Å²) in [6.45, 7) is 13.2. The minimum atomic E-state index is 0.641. The van der Waals surface area contributed by atoms with E-state index in [2.05, 4.69) is 31.0 Å². The van der Waals surface area contributed by atoms with Gasteiger partial charge in [0.25, 0.3) is 0 Å². The highest BCUT2D eigenvalue weighted by Gasteiger charge is 2.22. The van der Waals surface area contributed by atoms with Crippen molar-refractivity contribution in [3.8, 4) is 0 Å². The first-order valence-electron chi connectivity index (χ1n) is 6.80. The van der Waals surface area contributed by atoms with Crippen molar-refractivity contribution in [3.63, 3.8) is 0 Å². The summed E-state index contributed by atoms with van der Waals surface area (Å²) < 4.78 is 5.53. The molecule has 1 N–H and O–H groups in total. The van der Waals surface area contributed by atoms with Crippen LogP contribution in [0.5, 0.6) is 0 Å². The first kappa shape index (κ1) is 13.9. The first-order valence-corrected chi connectivity index (χ1v) is 6.80. The standard InChI is InChI=1S/C13H28N2O/c1-4-6-14-9-12(3)10-15-7-8-16-11-13(15)5-2/h12-14H,4-11H2,1-3H3. The molecule has 1 heterocycles. The number of nitrogens with one attached hydrogen (secondary N) is 1. The third kappa shape index (κ3) is 4.81. The SMILES string of the molecule is CCCNCC(C)CN1CCOCC1CC. The van der Waals surface area contributed by atoms with E-state index in [0.717, 1.165) is 38.8 Å². The Morgan fingerprint density at radius 3 is 2.94 bits per heavy atom. The number of rotatable bonds is 7. The number of morpholine rings is 1. The van der Waals surface area contributed by atoms with E-state index in [1.165, 1.54) is 19.4 Å². The lowest BCUT2D eigenvalue weighted by Crippen LogP contribution is -2.47. The van der Waals surface area contributed by atoms with Gasteiger partial charge in [0.2, 0.25) is 0 Å². The highest BCUT2D eigenvalue weighted by molar-refractivity contribution is 4.76. The fourth-order valence-electron chi connectivity index (χ4n) is 2.30. The third-order valence-electron chi connectivity index (χ3n) is 3.29. The van der Waals surface area contributed by atoms with E-state index >= 15 is 0 Å². The molecule has 0 bridgehead atoms. The second-order valence-electron chi connectivity index (χ2n) is 4.94. The van der Waals surface area contributed by atoms with Crippen molar-refractivity contribution in [2.45, 2.75) is 39.7 Å². The van der Waals surface area contributed by atoms with Crippen LogP contribution in [0.2, 0.25) is 0 Å². The molecule has 1 saturated heterocycles. The third-order valence-corrected chi connectivity index (χ3v) is 3.29. The van der Waals surface area contributed by atoms with Crippen LogP contribution >= 0.6 is 0 Å². The van der Waals surface area contributed by atoms with Gasteiger partial charge in [0, 0.05) is 19.1 Å². The first-order chi connectivity index (χ1) is 7.77. The van der Waals surface area contributed by atoms with Crippen LogP contribution < -0.4 is 5.32 Å². The van der Waals surface area contributed by atoms with Crippen LogP contribution in [0.4, 0.5) is 0 Å². The predicted molar refractivity (Wildman–Crippen MR) is 68.8 cm³/mol. The normalized spacial score (nSPS) is 24.6. The lowest BCUT2D eigenvalue weighted by atomic mass is 10.1. The van der Waals surface area contributed by atoms with Crippen molar-refractivity contribution in [2.75, 3.05) is 39.4 Å². The van der Waals surface area contributed by atoms with E-state index in [9.17, 15) is 0 Å². The maximum atomic E-state index is 5.53. The molecule has 0 amide bonds. The molecule has 0 aromatic carbocycles. The molecular weight excluding hydrogens is 200 g/mol. The summed E-state index contributed by atoms with van der Waals surface area (Å²) in [6.07, 6.45) is 2.43. The van der Waals surface area contributed by atoms with Crippen LogP contribution in [0.3, 0.4) is 0 Å². The van der Waals surface area contributed by atoms with Gasteiger partial charge in [0.15, 0.2) is 0 Å². The molecule has 0 saturated carbocycles. The highest BCUT2D eigenvalue weighted by atomic mass is 16.5. The molecule has 1 aliphatic rings. The van der Waals surface area contributed by atoms with Crippen molar-refractivity contribution in [1.29, 1.82) is 0 Å². The van der Waals surface area contributed by atoms with Gasteiger partial charge < -0.3 is 10.1 Å². The van der Waals surface area contributed by atoms with E-state index in [-0.39, 0.29) is 0 Å². The van der Waals surface area contributed by atoms with Crippen LogP contribution in [0.25, 0.3) is 0 Å². The zero-order chi connectivity index (χ0) is 11.8. The van der Waals surface area contributed by atoms with Gasteiger partial charge in [-0.15, -0.1) is 0 Å². The Hall–Kier alpha value is -0.120. The smallest absolute Gasteiger partial charge is 0.0622 e. The summed E-state index contributed by atoms with van der Waals surface area (Å²) in [5, 5.41) is 3.50. The molecule has 2 unspecified atom stereocenters. The molecule has 0 spiro atoms. The fourth-order valence-corrected chi connectivity index (χ4v) is 2.30. The summed E-state index contributed by atoms with van der Waals surface area (Å²) in [4.78, 5) is 2.60. The molecule has 0 radical (unpaired) electrons. The molecule has 1 rings (SSSR count). The van der Waals surface area contributed by atoms with E-state index in [4.69, 9.17) is 4.74 Å². The average molecular weight is 228 g/mol. The molecule has 0 aromatic heterocycles. The summed E-state index contributed by atoms with van der Waals surface area (Å²) >= 11 is 0. The summed E-state index contributed by atoms with van der Waals surface area (Å²) in [6, 6.07) is 0.641. The van der Waals surface area contributed by atoms with Gasteiger partial charge in [0.05, 0.1) is 13.2 Å². The topological polar surface area (TPSA) is 24.5 Å². The Bertz CT molecular complexity index is 175. The minimum Gasteiger partial charge on any atom is -0.378 e. The van der Waals surface area contributed by atoms with Crippen LogP contribution in [0.1, 0.15) is 33.6 Å². The Kier molecular flexibility index (Phi) is 7.01. The van der Waals surface area contributed by atoms with Gasteiger partial charge >= 0.3 is 0 Å². The molecule has 0 aliphatic carbocycles. The largest absolute Gasteiger partial charge is 0.378 e. The molecule has 0 aromatic rings. The van der Waals surface area contributed by atoms with Crippen LogP contribution in [0.15, 0.2) is 0 Å². The maximum Gasteiger partial charge on any atom is 0.0622 e. The van der Waals surface area contributed by atoms with E-state index in [1.54, 1.807) is 0 Å². The van der Waals surface area contributed by atoms with Gasteiger partial charge in [-0.2, -0.15) is 0 Å². The van der Waals surface area contributed by atoms with Crippen molar-refractivity contribution in [1.82, 2.24) is 10.2 Å². The fraction of sp³-hybridized carbons (Fsp3) is 1.00. The Balaban J connectivity index is 2.22. The maximum absolute atomic E-state index is 5.53. The van der Waals surface area contributed by atoms with Crippen molar-refractivity contribution < 1.29 is 4.74 Å². The zero-order valence-corrected chi connectivity index (χ0v) is 11.2. The number of hydrogen-bond donors (Lipinski definition) is 1. The molecule has 1 aliphatic heterocycles. The number of nitrogens with zero attached hydrogens (tertiary/aromatic N) is 1. The number of ether oxygens (including phenoxy) is 1. The van der Waals surface area contributed by atoms with E-state index < -0.39 is 0 Å².